The number of carbonyl (C=O) groups excluding carboxylic acids is 3. The molecule has 2 aliphatic heterocycles. The number of rotatable bonds is 5. The number of benzene rings is 1. The SMILES string of the molecule is COC(=O)[C@H]1COC(=O)N1C1CCN(C(=O)c2ccc(SC)cc2OC)CC1. The van der Waals surface area contributed by atoms with Gasteiger partial charge in [-0.3, -0.25) is 9.69 Å². The first-order chi connectivity index (χ1) is 13.5. The summed E-state index contributed by atoms with van der Waals surface area (Å²) in [4.78, 5) is 41.2. The van der Waals surface area contributed by atoms with Gasteiger partial charge in [0.2, 0.25) is 0 Å². The second-order valence-corrected chi connectivity index (χ2v) is 7.49. The third kappa shape index (κ3) is 3.89. The number of carbonyl (C=O) groups is 3. The van der Waals surface area contributed by atoms with E-state index in [-0.39, 0.29) is 18.6 Å². The van der Waals surface area contributed by atoms with Crippen LogP contribution in [0.4, 0.5) is 4.79 Å². The van der Waals surface area contributed by atoms with Crippen molar-refractivity contribution in [3.05, 3.63) is 23.8 Å². The molecule has 2 amide bonds. The van der Waals surface area contributed by atoms with Gasteiger partial charge in [0.15, 0.2) is 6.04 Å². The van der Waals surface area contributed by atoms with Gasteiger partial charge < -0.3 is 19.1 Å². The molecule has 1 atom stereocenters. The average Bonchev–Trinajstić information content (AvgIpc) is 3.13. The van der Waals surface area contributed by atoms with E-state index in [9.17, 15) is 14.4 Å². The van der Waals surface area contributed by atoms with Crippen LogP contribution in [0.25, 0.3) is 0 Å². The molecule has 2 saturated heterocycles. The van der Waals surface area contributed by atoms with Crippen LogP contribution in [-0.4, -0.2) is 80.0 Å². The number of hydrogen-bond donors (Lipinski definition) is 0. The van der Waals surface area contributed by atoms with E-state index in [4.69, 9.17) is 14.2 Å². The van der Waals surface area contributed by atoms with Crippen LogP contribution in [-0.2, 0) is 14.3 Å². The lowest BCUT2D eigenvalue weighted by Crippen LogP contribution is -2.52. The topological polar surface area (TPSA) is 85.4 Å². The number of thioether (sulfide) groups is 1. The Balaban J connectivity index is 1.67. The molecular weight excluding hydrogens is 384 g/mol. The van der Waals surface area contributed by atoms with E-state index >= 15 is 0 Å². The molecule has 3 rings (SSSR count). The first-order valence-electron chi connectivity index (χ1n) is 9.04. The van der Waals surface area contributed by atoms with E-state index in [1.165, 1.54) is 12.0 Å². The van der Waals surface area contributed by atoms with Gasteiger partial charge in [-0.1, -0.05) is 0 Å². The minimum absolute atomic E-state index is 0.00361. The second-order valence-electron chi connectivity index (χ2n) is 6.61. The zero-order valence-corrected chi connectivity index (χ0v) is 17.0. The van der Waals surface area contributed by atoms with E-state index < -0.39 is 18.1 Å². The summed E-state index contributed by atoms with van der Waals surface area (Å²) < 4.78 is 15.2. The summed E-state index contributed by atoms with van der Waals surface area (Å²) in [6, 6.07) is 4.65. The summed E-state index contributed by atoms with van der Waals surface area (Å²) in [6.45, 7) is 0.965. The minimum Gasteiger partial charge on any atom is -0.496 e. The highest BCUT2D eigenvalue weighted by Crippen LogP contribution is 2.29. The van der Waals surface area contributed by atoms with Crippen LogP contribution in [0, 0.1) is 0 Å². The minimum atomic E-state index is -0.719. The Morgan fingerprint density at radius 2 is 1.93 bits per heavy atom. The summed E-state index contributed by atoms with van der Waals surface area (Å²) in [5.41, 5.74) is 0.520. The van der Waals surface area contributed by atoms with E-state index in [0.717, 1.165) is 4.90 Å². The number of hydrogen-bond acceptors (Lipinski definition) is 7. The van der Waals surface area contributed by atoms with Crippen molar-refractivity contribution in [2.45, 2.75) is 29.8 Å². The molecule has 9 heteroatoms. The Kier molecular flexibility index (Phi) is 6.33. The Labute approximate surface area is 168 Å². The first-order valence-corrected chi connectivity index (χ1v) is 10.3. The van der Waals surface area contributed by atoms with Gasteiger partial charge in [0, 0.05) is 24.0 Å². The molecule has 2 heterocycles. The molecule has 1 aromatic carbocycles. The number of esters is 1. The molecule has 8 nitrogen and oxygen atoms in total. The molecule has 28 heavy (non-hydrogen) atoms. The van der Waals surface area contributed by atoms with Crippen molar-refractivity contribution in [3.8, 4) is 5.75 Å². The molecule has 2 fully saturated rings. The van der Waals surface area contributed by atoms with Crippen molar-refractivity contribution in [3.63, 3.8) is 0 Å². The van der Waals surface area contributed by atoms with Crippen molar-refractivity contribution in [1.82, 2.24) is 9.80 Å². The summed E-state index contributed by atoms with van der Waals surface area (Å²) >= 11 is 1.58. The van der Waals surface area contributed by atoms with Gasteiger partial charge in [0.1, 0.15) is 12.4 Å². The fourth-order valence-corrected chi connectivity index (χ4v) is 4.08. The highest BCUT2D eigenvalue weighted by molar-refractivity contribution is 7.98. The van der Waals surface area contributed by atoms with Gasteiger partial charge in [-0.2, -0.15) is 0 Å². The fourth-order valence-electron chi connectivity index (χ4n) is 3.65. The number of amides is 2. The van der Waals surface area contributed by atoms with Crippen molar-refractivity contribution in [2.75, 3.05) is 40.2 Å². The molecule has 0 radical (unpaired) electrons. The summed E-state index contributed by atoms with van der Waals surface area (Å²) in [5, 5.41) is 0. The third-order valence-corrected chi connectivity index (χ3v) is 5.89. The zero-order chi connectivity index (χ0) is 20.3. The van der Waals surface area contributed by atoms with Crippen LogP contribution in [0.1, 0.15) is 23.2 Å². The number of methoxy groups -OCH3 is 2. The van der Waals surface area contributed by atoms with Crippen molar-refractivity contribution in [1.29, 1.82) is 0 Å². The Morgan fingerprint density at radius 3 is 2.54 bits per heavy atom. The molecule has 0 N–H and O–H groups in total. The first kappa shape index (κ1) is 20.3. The molecule has 2 aliphatic rings. The molecule has 0 aliphatic carbocycles. The zero-order valence-electron chi connectivity index (χ0n) is 16.2. The summed E-state index contributed by atoms with van der Waals surface area (Å²) in [7, 11) is 2.84. The van der Waals surface area contributed by atoms with Crippen molar-refractivity contribution < 1.29 is 28.6 Å². The summed E-state index contributed by atoms with van der Waals surface area (Å²) in [5.74, 6) is -0.0349. The lowest BCUT2D eigenvalue weighted by Gasteiger charge is -2.37. The molecule has 0 spiro atoms. The molecule has 0 unspecified atom stereocenters. The van der Waals surface area contributed by atoms with Gasteiger partial charge in [-0.25, -0.2) is 9.59 Å². The van der Waals surface area contributed by atoms with Crippen LogP contribution in [0.15, 0.2) is 23.1 Å². The second kappa shape index (κ2) is 8.72. The van der Waals surface area contributed by atoms with Crippen molar-refractivity contribution >= 4 is 29.7 Å². The largest absolute Gasteiger partial charge is 0.496 e. The highest BCUT2D eigenvalue weighted by atomic mass is 32.2. The number of nitrogens with zero attached hydrogens (tertiary/aromatic N) is 2. The smallest absolute Gasteiger partial charge is 0.410 e. The van der Waals surface area contributed by atoms with E-state index in [2.05, 4.69) is 0 Å². The van der Waals surface area contributed by atoms with Crippen molar-refractivity contribution in [2.24, 2.45) is 0 Å². The normalized spacial score (nSPS) is 20.1. The number of piperidine rings is 1. The number of ether oxygens (including phenoxy) is 3. The van der Waals surface area contributed by atoms with Gasteiger partial charge in [-0.15, -0.1) is 11.8 Å². The Bertz CT molecular complexity index is 763. The van der Waals surface area contributed by atoms with Gasteiger partial charge in [0.25, 0.3) is 5.91 Å². The Hall–Kier alpha value is -2.42. The van der Waals surface area contributed by atoms with Gasteiger partial charge in [0.05, 0.1) is 19.8 Å². The lowest BCUT2D eigenvalue weighted by atomic mass is 10.0. The highest BCUT2D eigenvalue weighted by Gasteiger charge is 2.44. The van der Waals surface area contributed by atoms with Crippen LogP contribution in [0.5, 0.6) is 5.75 Å². The lowest BCUT2D eigenvalue weighted by molar-refractivity contribution is -0.145. The van der Waals surface area contributed by atoms with Crippen LogP contribution >= 0.6 is 11.8 Å². The molecule has 152 valence electrons. The van der Waals surface area contributed by atoms with Gasteiger partial charge >= 0.3 is 12.1 Å². The van der Waals surface area contributed by atoms with E-state index in [0.29, 0.717) is 37.2 Å². The van der Waals surface area contributed by atoms with Crippen LogP contribution in [0.3, 0.4) is 0 Å². The molecule has 0 aromatic heterocycles. The fraction of sp³-hybridized carbons (Fsp3) is 0.526. The average molecular weight is 408 g/mol. The van der Waals surface area contributed by atoms with Crippen LogP contribution < -0.4 is 4.74 Å². The van der Waals surface area contributed by atoms with Gasteiger partial charge in [-0.05, 0) is 37.3 Å². The predicted octanol–water partition coefficient (Wildman–Crippen LogP) is 2.02. The maximum Gasteiger partial charge on any atom is 0.410 e. The third-order valence-electron chi connectivity index (χ3n) is 5.17. The summed E-state index contributed by atoms with van der Waals surface area (Å²) in [6.07, 6.45) is 2.60. The quantitative estimate of drug-likeness (QED) is 0.544. The van der Waals surface area contributed by atoms with E-state index in [1.807, 2.05) is 18.4 Å². The van der Waals surface area contributed by atoms with E-state index in [1.54, 1.807) is 29.8 Å². The molecule has 0 saturated carbocycles. The predicted molar refractivity (Wildman–Crippen MR) is 103 cm³/mol. The standard InChI is InChI=1S/C19H24N2O6S/c1-25-16-10-13(28-3)4-5-14(16)17(22)20-8-6-12(7-9-20)21-15(18(23)26-2)11-27-19(21)24/h4-5,10,12,15H,6-9,11H2,1-3H3/t15-/m1/s1. The molecular formula is C19H24N2O6S. The monoisotopic (exact) mass is 408 g/mol. The number of likely N-dealkylation sites (tertiary alicyclic amines) is 1. The Morgan fingerprint density at radius 1 is 1.21 bits per heavy atom. The molecule has 0 bridgehead atoms. The maximum absolute atomic E-state index is 13.0. The maximum atomic E-state index is 13.0. The number of cyclic esters (lactones) is 1. The molecule has 1 aromatic rings. The van der Waals surface area contributed by atoms with Crippen LogP contribution in [0.2, 0.25) is 0 Å².